The summed E-state index contributed by atoms with van der Waals surface area (Å²) in [7, 11) is 0. The highest BCUT2D eigenvalue weighted by Gasteiger charge is 2.09. The molecule has 0 amide bonds. The Balaban J connectivity index is 2.27. The molecule has 3 heteroatoms. The van der Waals surface area contributed by atoms with Crippen molar-refractivity contribution in [3.05, 3.63) is 58.1 Å². The van der Waals surface area contributed by atoms with Gasteiger partial charge >= 0.3 is 0 Å². The highest BCUT2D eigenvalue weighted by atomic mass is 35.5. The van der Waals surface area contributed by atoms with Crippen LogP contribution in [0.3, 0.4) is 0 Å². The maximum absolute atomic E-state index is 6.25. The summed E-state index contributed by atoms with van der Waals surface area (Å²) in [5.41, 5.74) is 3.43. The van der Waals surface area contributed by atoms with Crippen molar-refractivity contribution in [2.24, 2.45) is 0 Å². The van der Waals surface area contributed by atoms with Crippen molar-refractivity contribution in [3.63, 3.8) is 0 Å². The van der Waals surface area contributed by atoms with Crippen LogP contribution in [0.1, 0.15) is 31.9 Å². The average molecular weight is 308 g/mol. The minimum Gasteiger partial charge on any atom is -0.310 e. The second kappa shape index (κ2) is 7.12. The van der Waals surface area contributed by atoms with Crippen LogP contribution in [0.15, 0.2) is 42.5 Å². The molecule has 0 bridgehead atoms. The molecule has 0 spiro atoms. The molecule has 0 aromatic heterocycles. The van der Waals surface area contributed by atoms with E-state index in [0.717, 1.165) is 24.1 Å². The van der Waals surface area contributed by atoms with Gasteiger partial charge in [-0.25, -0.2) is 0 Å². The molecule has 0 saturated carbocycles. The predicted octanol–water partition coefficient (Wildman–Crippen LogP) is 5.72. The molecule has 1 nitrogen and oxygen atoms in total. The van der Waals surface area contributed by atoms with E-state index >= 15 is 0 Å². The van der Waals surface area contributed by atoms with Gasteiger partial charge in [-0.3, -0.25) is 0 Å². The third-order valence-electron chi connectivity index (χ3n) is 3.41. The Labute approximate surface area is 130 Å². The smallest absolute Gasteiger partial charge is 0.0499 e. The molecule has 0 heterocycles. The molecule has 0 fully saturated rings. The summed E-state index contributed by atoms with van der Waals surface area (Å²) in [5.74, 6) is 0. The zero-order valence-corrected chi connectivity index (χ0v) is 13.3. The fourth-order valence-corrected chi connectivity index (χ4v) is 2.88. The van der Waals surface area contributed by atoms with Gasteiger partial charge in [-0.2, -0.15) is 0 Å². The molecular weight excluding hydrogens is 289 g/mol. The summed E-state index contributed by atoms with van der Waals surface area (Å²) in [6.45, 7) is 5.30. The van der Waals surface area contributed by atoms with Crippen molar-refractivity contribution < 1.29 is 0 Å². The molecule has 106 valence electrons. The third-order valence-corrected chi connectivity index (χ3v) is 3.96. The SMILES string of the molecule is CCNC(CC)c1ccc(-c2ccc(Cl)cc2Cl)cc1. The van der Waals surface area contributed by atoms with Gasteiger partial charge in [0.15, 0.2) is 0 Å². The lowest BCUT2D eigenvalue weighted by Crippen LogP contribution is -2.19. The molecule has 0 radical (unpaired) electrons. The normalized spacial score (nSPS) is 12.4. The van der Waals surface area contributed by atoms with Gasteiger partial charge in [0.2, 0.25) is 0 Å². The number of hydrogen-bond donors (Lipinski definition) is 1. The van der Waals surface area contributed by atoms with Gasteiger partial charge in [-0.1, -0.05) is 67.4 Å². The number of benzene rings is 2. The van der Waals surface area contributed by atoms with Crippen molar-refractivity contribution in [1.29, 1.82) is 0 Å². The largest absolute Gasteiger partial charge is 0.310 e. The first-order valence-corrected chi connectivity index (χ1v) is 7.70. The number of halogens is 2. The maximum atomic E-state index is 6.25. The molecule has 1 N–H and O–H groups in total. The van der Waals surface area contributed by atoms with Gasteiger partial charge in [-0.15, -0.1) is 0 Å². The molecule has 2 aromatic rings. The Kier molecular flexibility index (Phi) is 5.47. The number of hydrogen-bond acceptors (Lipinski definition) is 1. The fraction of sp³-hybridized carbons (Fsp3) is 0.294. The Bertz CT molecular complexity index is 564. The minimum atomic E-state index is 0.412. The Morgan fingerprint density at radius 2 is 1.70 bits per heavy atom. The van der Waals surface area contributed by atoms with Gasteiger partial charge in [0.25, 0.3) is 0 Å². The van der Waals surface area contributed by atoms with Crippen molar-refractivity contribution in [2.75, 3.05) is 6.54 Å². The van der Waals surface area contributed by atoms with Crippen LogP contribution in [0.4, 0.5) is 0 Å². The topological polar surface area (TPSA) is 12.0 Å². The Morgan fingerprint density at radius 1 is 1.00 bits per heavy atom. The number of nitrogens with one attached hydrogen (secondary N) is 1. The molecule has 2 aromatic carbocycles. The highest BCUT2D eigenvalue weighted by molar-refractivity contribution is 6.36. The molecule has 1 atom stereocenters. The van der Waals surface area contributed by atoms with Crippen molar-refractivity contribution in [3.8, 4) is 11.1 Å². The first-order chi connectivity index (χ1) is 9.65. The van der Waals surface area contributed by atoms with Crippen LogP contribution in [-0.4, -0.2) is 6.54 Å². The molecule has 0 saturated heterocycles. The van der Waals surface area contributed by atoms with Crippen LogP contribution in [0, 0.1) is 0 Å². The summed E-state index contributed by atoms with van der Waals surface area (Å²) in [6, 6.07) is 14.6. The molecule has 1 unspecified atom stereocenters. The maximum Gasteiger partial charge on any atom is 0.0499 e. The standard InChI is InChI=1S/C17H19Cl2N/c1-3-17(20-4-2)13-7-5-12(6-8-13)15-10-9-14(18)11-16(15)19/h5-11,17,20H,3-4H2,1-2H3. The monoisotopic (exact) mass is 307 g/mol. The van der Waals surface area contributed by atoms with E-state index < -0.39 is 0 Å². The lowest BCUT2D eigenvalue weighted by molar-refractivity contribution is 0.537. The summed E-state index contributed by atoms with van der Waals surface area (Å²) < 4.78 is 0. The van der Waals surface area contributed by atoms with E-state index in [-0.39, 0.29) is 0 Å². The van der Waals surface area contributed by atoms with Crippen LogP contribution in [0.25, 0.3) is 11.1 Å². The first kappa shape index (κ1) is 15.4. The third kappa shape index (κ3) is 3.54. The second-order valence-corrected chi connectivity index (χ2v) is 5.61. The van der Waals surface area contributed by atoms with Crippen LogP contribution >= 0.6 is 23.2 Å². The molecule has 0 aliphatic heterocycles. The van der Waals surface area contributed by atoms with E-state index in [1.165, 1.54) is 5.56 Å². The van der Waals surface area contributed by atoms with E-state index in [1.54, 1.807) is 6.07 Å². The zero-order valence-electron chi connectivity index (χ0n) is 11.8. The summed E-state index contributed by atoms with van der Waals surface area (Å²) in [5, 5.41) is 4.83. The van der Waals surface area contributed by atoms with Gasteiger partial charge in [0, 0.05) is 21.7 Å². The van der Waals surface area contributed by atoms with Crippen molar-refractivity contribution >= 4 is 23.2 Å². The Morgan fingerprint density at radius 3 is 2.25 bits per heavy atom. The van der Waals surface area contributed by atoms with E-state index in [9.17, 15) is 0 Å². The van der Waals surface area contributed by atoms with Crippen molar-refractivity contribution in [2.45, 2.75) is 26.3 Å². The van der Waals surface area contributed by atoms with E-state index in [1.807, 2.05) is 12.1 Å². The lowest BCUT2D eigenvalue weighted by Gasteiger charge is -2.16. The first-order valence-electron chi connectivity index (χ1n) is 6.94. The summed E-state index contributed by atoms with van der Waals surface area (Å²) >= 11 is 12.2. The fourth-order valence-electron chi connectivity index (χ4n) is 2.36. The van der Waals surface area contributed by atoms with E-state index in [4.69, 9.17) is 23.2 Å². The Hall–Kier alpha value is -1.02. The van der Waals surface area contributed by atoms with Gasteiger partial charge in [0.05, 0.1) is 0 Å². The van der Waals surface area contributed by atoms with Gasteiger partial charge in [-0.05, 0) is 36.2 Å². The van der Waals surface area contributed by atoms with Crippen molar-refractivity contribution in [1.82, 2.24) is 5.32 Å². The second-order valence-electron chi connectivity index (χ2n) is 4.76. The van der Waals surface area contributed by atoms with Crippen LogP contribution in [-0.2, 0) is 0 Å². The van der Waals surface area contributed by atoms with E-state index in [2.05, 4.69) is 43.4 Å². The minimum absolute atomic E-state index is 0.412. The molecule has 0 aliphatic rings. The summed E-state index contributed by atoms with van der Waals surface area (Å²) in [6.07, 6.45) is 1.08. The lowest BCUT2D eigenvalue weighted by atomic mass is 9.99. The zero-order chi connectivity index (χ0) is 14.5. The van der Waals surface area contributed by atoms with Gasteiger partial charge < -0.3 is 5.32 Å². The quantitative estimate of drug-likeness (QED) is 0.744. The molecule has 2 rings (SSSR count). The van der Waals surface area contributed by atoms with E-state index in [0.29, 0.717) is 16.1 Å². The van der Waals surface area contributed by atoms with Gasteiger partial charge in [0.1, 0.15) is 0 Å². The van der Waals surface area contributed by atoms with Crippen LogP contribution in [0.5, 0.6) is 0 Å². The number of rotatable bonds is 5. The summed E-state index contributed by atoms with van der Waals surface area (Å²) in [4.78, 5) is 0. The molecule has 0 aliphatic carbocycles. The predicted molar refractivity (Wildman–Crippen MR) is 88.6 cm³/mol. The van der Waals surface area contributed by atoms with Crippen LogP contribution < -0.4 is 5.32 Å². The highest BCUT2D eigenvalue weighted by Crippen LogP contribution is 2.31. The average Bonchev–Trinajstić information content (AvgIpc) is 2.45. The molecule has 20 heavy (non-hydrogen) atoms. The molecular formula is C17H19Cl2N. The van der Waals surface area contributed by atoms with Crippen LogP contribution in [0.2, 0.25) is 10.0 Å².